The lowest BCUT2D eigenvalue weighted by Crippen LogP contribution is -2.47. The molecule has 0 bridgehead atoms. The summed E-state index contributed by atoms with van der Waals surface area (Å²) in [5.41, 5.74) is 0.841. The highest BCUT2D eigenvalue weighted by Crippen LogP contribution is 2.27. The van der Waals surface area contributed by atoms with Crippen molar-refractivity contribution in [1.29, 1.82) is 0 Å². The standard InChI is InChI=1S/C18H26N6O/c1-23(2)17-10-5-7-14(21-17)13-19-18(25)22-15-8-3-4-9-16(15)24-12-6-11-20-24/h5-7,10-12,15-16H,3-4,8-9,13H2,1-2H3,(H2,19,22,25). The average Bonchev–Trinajstić information content (AvgIpc) is 3.15. The van der Waals surface area contributed by atoms with Crippen LogP contribution >= 0.6 is 0 Å². The maximum Gasteiger partial charge on any atom is 0.315 e. The van der Waals surface area contributed by atoms with Gasteiger partial charge < -0.3 is 15.5 Å². The molecule has 1 aliphatic rings. The van der Waals surface area contributed by atoms with Crippen LogP contribution in [0, 0.1) is 0 Å². The third-order valence-corrected chi connectivity index (χ3v) is 4.59. The predicted molar refractivity (Wildman–Crippen MR) is 97.5 cm³/mol. The lowest BCUT2D eigenvalue weighted by atomic mass is 9.90. The summed E-state index contributed by atoms with van der Waals surface area (Å²) in [7, 11) is 3.90. The fraction of sp³-hybridized carbons (Fsp3) is 0.500. The zero-order chi connectivity index (χ0) is 17.6. The van der Waals surface area contributed by atoms with Gasteiger partial charge in [-0.15, -0.1) is 0 Å². The molecule has 1 aliphatic carbocycles. The Hall–Kier alpha value is -2.57. The molecule has 2 aromatic rings. The Morgan fingerprint density at radius 3 is 2.88 bits per heavy atom. The number of nitrogens with zero attached hydrogens (tertiary/aromatic N) is 4. The summed E-state index contributed by atoms with van der Waals surface area (Å²) in [5.74, 6) is 0.880. The van der Waals surface area contributed by atoms with Crippen molar-refractivity contribution >= 4 is 11.8 Å². The highest BCUT2D eigenvalue weighted by Gasteiger charge is 2.28. The molecule has 0 aliphatic heterocycles. The summed E-state index contributed by atoms with van der Waals surface area (Å²) in [5, 5.41) is 10.4. The van der Waals surface area contributed by atoms with E-state index in [1.54, 1.807) is 6.20 Å². The molecule has 7 heteroatoms. The van der Waals surface area contributed by atoms with E-state index in [4.69, 9.17) is 0 Å². The van der Waals surface area contributed by atoms with E-state index in [9.17, 15) is 4.79 Å². The zero-order valence-corrected chi connectivity index (χ0v) is 14.9. The smallest absolute Gasteiger partial charge is 0.315 e. The van der Waals surface area contributed by atoms with E-state index in [2.05, 4.69) is 20.7 Å². The van der Waals surface area contributed by atoms with Crippen molar-refractivity contribution < 1.29 is 4.79 Å². The Bertz CT molecular complexity index is 685. The topological polar surface area (TPSA) is 75.1 Å². The van der Waals surface area contributed by atoms with Crippen LogP contribution in [-0.2, 0) is 6.54 Å². The second-order valence-electron chi connectivity index (χ2n) is 6.65. The SMILES string of the molecule is CN(C)c1cccc(CNC(=O)NC2CCCCC2n2cccn2)n1. The second kappa shape index (κ2) is 8.00. The molecule has 3 rings (SSSR count). The lowest BCUT2D eigenvalue weighted by molar-refractivity contribution is 0.213. The van der Waals surface area contributed by atoms with Crippen LogP contribution in [-0.4, -0.2) is 40.9 Å². The molecule has 2 unspecified atom stereocenters. The highest BCUT2D eigenvalue weighted by molar-refractivity contribution is 5.74. The minimum absolute atomic E-state index is 0.106. The number of nitrogens with one attached hydrogen (secondary N) is 2. The third-order valence-electron chi connectivity index (χ3n) is 4.59. The number of hydrogen-bond donors (Lipinski definition) is 2. The molecule has 1 fully saturated rings. The van der Waals surface area contributed by atoms with Gasteiger partial charge in [0.15, 0.2) is 0 Å². The largest absolute Gasteiger partial charge is 0.363 e. The number of aromatic nitrogens is 3. The summed E-state index contributed by atoms with van der Waals surface area (Å²) >= 11 is 0. The molecule has 2 atom stereocenters. The summed E-state index contributed by atoms with van der Waals surface area (Å²) in [6, 6.07) is 7.92. The maximum atomic E-state index is 12.3. The minimum atomic E-state index is -0.152. The summed E-state index contributed by atoms with van der Waals surface area (Å²) in [6.45, 7) is 0.409. The first-order chi connectivity index (χ1) is 12.1. The molecule has 0 saturated heterocycles. The Labute approximate surface area is 148 Å². The van der Waals surface area contributed by atoms with E-state index in [1.165, 1.54) is 6.42 Å². The van der Waals surface area contributed by atoms with Crippen LogP contribution in [0.4, 0.5) is 10.6 Å². The van der Waals surface area contributed by atoms with Crippen LogP contribution in [0.2, 0.25) is 0 Å². The van der Waals surface area contributed by atoms with Crippen molar-refractivity contribution in [2.75, 3.05) is 19.0 Å². The van der Waals surface area contributed by atoms with Gasteiger partial charge in [-0.25, -0.2) is 9.78 Å². The van der Waals surface area contributed by atoms with Gasteiger partial charge in [0, 0.05) is 26.5 Å². The molecule has 2 amide bonds. The van der Waals surface area contributed by atoms with Crippen LogP contribution in [0.5, 0.6) is 0 Å². The molecule has 1 saturated carbocycles. The molecule has 7 nitrogen and oxygen atoms in total. The van der Waals surface area contributed by atoms with Gasteiger partial charge in [-0.3, -0.25) is 4.68 Å². The molecule has 2 heterocycles. The van der Waals surface area contributed by atoms with Gasteiger partial charge in [-0.05, 0) is 31.0 Å². The molecular weight excluding hydrogens is 316 g/mol. The monoisotopic (exact) mass is 342 g/mol. The molecule has 25 heavy (non-hydrogen) atoms. The first-order valence-corrected chi connectivity index (χ1v) is 8.80. The molecule has 0 radical (unpaired) electrons. The van der Waals surface area contributed by atoms with Gasteiger partial charge >= 0.3 is 6.03 Å². The lowest BCUT2D eigenvalue weighted by Gasteiger charge is -2.32. The average molecular weight is 342 g/mol. The van der Waals surface area contributed by atoms with Crippen molar-refractivity contribution in [3.05, 3.63) is 42.4 Å². The van der Waals surface area contributed by atoms with E-state index in [1.807, 2.05) is 54.1 Å². The number of amides is 2. The number of hydrogen-bond acceptors (Lipinski definition) is 4. The fourth-order valence-electron chi connectivity index (χ4n) is 3.28. The molecule has 0 spiro atoms. The highest BCUT2D eigenvalue weighted by atomic mass is 16.2. The molecule has 2 aromatic heterocycles. The first kappa shape index (κ1) is 17.3. The molecule has 0 aromatic carbocycles. The van der Waals surface area contributed by atoms with Crippen LogP contribution in [0.1, 0.15) is 37.4 Å². The van der Waals surface area contributed by atoms with Crippen molar-refractivity contribution in [1.82, 2.24) is 25.4 Å². The summed E-state index contributed by atoms with van der Waals surface area (Å²) < 4.78 is 1.96. The number of carbonyl (C=O) groups is 1. The van der Waals surface area contributed by atoms with Gasteiger partial charge in [0.05, 0.1) is 24.3 Å². The number of carbonyl (C=O) groups excluding carboxylic acids is 1. The number of urea groups is 1. The number of pyridine rings is 1. The summed E-state index contributed by atoms with van der Waals surface area (Å²) in [4.78, 5) is 18.8. The quantitative estimate of drug-likeness (QED) is 0.874. The number of rotatable bonds is 5. The van der Waals surface area contributed by atoms with Gasteiger partial charge in [-0.1, -0.05) is 18.9 Å². The normalized spacial score (nSPS) is 20.1. The van der Waals surface area contributed by atoms with Crippen LogP contribution in [0.25, 0.3) is 0 Å². The van der Waals surface area contributed by atoms with Crippen molar-refractivity contribution in [3.63, 3.8) is 0 Å². The van der Waals surface area contributed by atoms with Crippen LogP contribution in [0.15, 0.2) is 36.7 Å². The van der Waals surface area contributed by atoms with E-state index >= 15 is 0 Å². The second-order valence-corrected chi connectivity index (χ2v) is 6.65. The minimum Gasteiger partial charge on any atom is -0.363 e. The van der Waals surface area contributed by atoms with Crippen molar-refractivity contribution in [2.24, 2.45) is 0 Å². The Kier molecular flexibility index (Phi) is 5.53. The van der Waals surface area contributed by atoms with Gasteiger partial charge in [0.25, 0.3) is 0 Å². The zero-order valence-electron chi connectivity index (χ0n) is 14.9. The van der Waals surface area contributed by atoms with Crippen molar-refractivity contribution in [3.8, 4) is 0 Å². The van der Waals surface area contributed by atoms with Crippen molar-refractivity contribution in [2.45, 2.75) is 44.3 Å². The Morgan fingerprint density at radius 1 is 1.28 bits per heavy atom. The predicted octanol–water partition coefficient (Wildman–Crippen LogP) is 2.33. The molecule has 2 N–H and O–H groups in total. The van der Waals surface area contributed by atoms with Gasteiger partial charge in [0.1, 0.15) is 5.82 Å². The Morgan fingerprint density at radius 2 is 2.12 bits per heavy atom. The van der Waals surface area contributed by atoms with Gasteiger partial charge in [0.2, 0.25) is 0 Å². The van der Waals surface area contributed by atoms with Gasteiger partial charge in [-0.2, -0.15) is 5.10 Å². The fourth-order valence-corrected chi connectivity index (χ4v) is 3.28. The van der Waals surface area contributed by atoms with E-state index in [0.29, 0.717) is 6.54 Å². The van der Waals surface area contributed by atoms with Crippen LogP contribution < -0.4 is 15.5 Å². The number of anilines is 1. The third kappa shape index (κ3) is 4.49. The van der Waals surface area contributed by atoms with E-state index in [-0.39, 0.29) is 18.1 Å². The maximum absolute atomic E-state index is 12.3. The summed E-state index contributed by atoms with van der Waals surface area (Å²) in [6.07, 6.45) is 8.08. The van der Waals surface area contributed by atoms with Crippen LogP contribution in [0.3, 0.4) is 0 Å². The molecular formula is C18H26N6O. The van der Waals surface area contributed by atoms with E-state index < -0.39 is 0 Å². The first-order valence-electron chi connectivity index (χ1n) is 8.80. The van der Waals surface area contributed by atoms with E-state index in [0.717, 1.165) is 30.8 Å². The molecule has 134 valence electrons. The Balaban J connectivity index is 1.55.